The van der Waals surface area contributed by atoms with Gasteiger partial charge in [0.2, 0.25) is 0 Å². The molecule has 0 radical (unpaired) electrons. The second-order valence-corrected chi connectivity index (χ2v) is 2.89. The molecule has 64 valence electrons. The second kappa shape index (κ2) is 2.62. The Kier molecular flexibility index (Phi) is 1.92. The van der Waals surface area contributed by atoms with Gasteiger partial charge in [-0.2, -0.15) is 0 Å². The largest absolute Gasteiger partial charge is 0.299 e. The summed E-state index contributed by atoms with van der Waals surface area (Å²) in [6.07, 6.45) is 0. The third-order valence-corrected chi connectivity index (χ3v) is 1.95. The van der Waals surface area contributed by atoms with Crippen molar-refractivity contribution in [3.8, 4) is 0 Å². The van der Waals surface area contributed by atoms with Crippen LogP contribution in [0, 0.1) is 11.8 Å². The Hall–Kier alpha value is -1.32. The minimum atomic E-state index is -1.15. The molecule has 4 heteroatoms. The third kappa shape index (κ3) is 0.995. The second-order valence-electron chi connectivity index (χ2n) is 2.89. The fourth-order valence-electron chi connectivity index (χ4n) is 1.32. The average Bonchev–Trinajstić information content (AvgIpc) is 1.84. The molecule has 0 heterocycles. The Labute approximate surface area is 68.9 Å². The monoisotopic (exact) mass is 168 g/mol. The third-order valence-electron chi connectivity index (χ3n) is 1.95. The van der Waals surface area contributed by atoms with E-state index in [0.29, 0.717) is 0 Å². The summed E-state index contributed by atoms with van der Waals surface area (Å²) in [5.41, 5.74) is 0. The fourth-order valence-corrected chi connectivity index (χ4v) is 1.32. The van der Waals surface area contributed by atoms with Crippen molar-refractivity contribution >= 4 is 23.1 Å². The lowest BCUT2D eigenvalue weighted by Gasteiger charge is -2.27. The molecular formula is C8H8O4. The first kappa shape index (κ1) is 8.77. The summed E-state index contributed by atoms with van der Waals surface area (Å²) in [6.45, 7) is 2.35. The topological polar surface area (TPSA) is 68.3 Å². The number of ketones is 4. The van der Waals surface area contributed by atoms with Gasteiger partial charge >= 0.3 is 0 Å². The van der Waals surface area contributed by atoms with Crippen LogP contribution in [-0.2, 0) is 19.2 Å². The van der Waals surface area contributed by atoms with Crippen molar-refractivity contribution in [2.24, 2.45) is 11.8 Å². The normalized spacial score (nSPS) is 28.2. The zero-order chi connectivity index (χ0) is 9.46. The van der Waals surface area contributed by atoms with E-state index in [0.717, 1.165) is 0 Å². The Bertz CT molecular complexity index is 247. The van der Waals surface area contributed by atoms with Gasteiger partial charge in [-0.05, 0) is 13.8 Å². The molecule has 1 fully saturated rings. The Morgan fingerprint density at radius 2 is 1.17 bits per heavy atom. The van der Waals surface area contributed by atoms with Gasteiger partial charge in [-0.1, -0.05) is 0 Å². The van der Waals surface area contributed by atoms with E-state index in [1.165, 1.54) is 13.8 Å². The molecule has 0 aromatic carbocycles. The van der Waals surface area contributed by atoms with Gasteiger partial charge in [0.25, 0.3) is 0 Å². The van der Waals surface area contributed by atoms with Gasteiger partial charge in [0.1, 0.15) is 23.4 Å². The lowest BCUT2D eigenvalue weighted by Crippen LogP contribution is -2.54. The van der Waals surface area contributed by atoms with E-state index in [2.05, 4.69) is 0 Å². The van der Waals surface area contributed by atoms with Gasteiger partial charge < -0.3 is 0 Å². The summed E-state index contributed by atoms with van der Waals surface area (Å²) < 4.78 is 0. The molecule has 0 saturated heterocycles. The maximum atomic E-state index is 11.0. The maximum Gasteiger partial charge on any atom is 0.168 e. The highest BCUT2D eigenvalue weighted by Crippen LogP contribution is 2.26. The van der Waals surface area contributed by atoms with Crippen LogP contribution in [0.4, 0.5) is 0 Å². The van der Waals surface area contributed by atoms with Crippen LogP contribution in [0.1, 0.15) is 13.8 Å². The lowest BCUT2D eigenvalue weighted by molar-refractivity contribution is -0.156. The van der Waals surface area contributed by atoms with E-state index >= 15 is 0 Å². The van der Waals surface area contributed by atoms with E-state index in [9.17, 15) is 19.2 Å². The van der Waals surface area contributed by atoms with E-state index < -0.39 is 35.0 Å². The fraction of sp³-hybridized carbons (Fsp3) is 0.500. The summed E-state index contributed by atoms with van der Waals surface area (Å²) in [4.78, 5) is 43.3. The molecule has 0 aliphatic heterocycles. The molecule has 0 atom stereocenters. The molecule has 1 rings (SSSR count). The number of Topliss-reactive ketones (excluding diaryl/α,β-unsaturated/α-hetero) is 4. The highest BCUT2D eigenvalue weighted by atomic mass is 16.2. The molecule has 0 aromatic rings. The van der Waals surface area contributed by atoms with Crippen LogP contribution in [0.5, 0.6) is 0 Å². The number of hydrogen-bond donors (Lipinski definition) is 0. The van der Waals surface area contributed by atoms with E-state index in [4.69, 9.17) is 0 Å². The van der Waals surface area contributed by atoms with Crippen LogP contribution in [0.2, 0.25) is 0 Å². The molecule has 1 aliphatic rings. The Morgan fingerprint density at radius 1 is 0.917 bits per heavy atom. The minimum Gasteiger partial charge on any atom is -0.299 e. The lowest BCUT2D eigenvalue weighted by atomic mass is 9.68. The van der Waals surface area contributed by atoms with Crippen molar-refractivity contribution in [3.05, 3.63) is 0 Å². The van der Waals surface area contributed by atoms with Crippen LogP contribution in [0.15, 0.2) is 0 Å². The summed E-state index contributed by atoms with van der Waals surface area (Å²) in [7, 11) is 0. The molecule has 0 N–H and O–H groups in total. The Morgan fingerprint density at radius 3 is 1.33 bits per heavy atom. The molecule has 0 unspecified atom stereocenters. The number of hydrogen-bond acceptors (Lipinski definition) is 4. The Balaban J connectivity index is 2.83. The predicted molar refractivity (Wildman–Crippen MR) is 38.4 cm³/mol. The van der Waals surface area contributed by atoms with Gasteiger partial charge in [0, 0.05) is 0 Å². The molecule has 12 heavy (non-hydrogen) atoms. The summed E-state index contributed by atoms with van der Waals surface area (Å²) >= 11 is 0. The van der Waals surface area contributed by atoms with Gasteiger partial charge in [-0.15, -0.1) is 0 Å². The summed E-state index contributed by atoms with van der Waals surface area (Å²) in [5, 5.41) is 0. The average molecular weight is 168 g/mol. The molecule has 1 aliphatic carbocycles. The first-order valence-electron chi connectivity index (χ1n) is 3.55. The molecule has 1 saturated carbocycles. The van der Waals surface area contributed by atoms with Crippen LogP contribution in [0.3, 0.4) is 0 Å². The first-order valence-corrected chi connectivity index (χ1v) is 3.55. The predicted octanol–water partition coefficient (Wildman–Crippen LogP) is -0.451. The minimum absolute atomic E-state index is 0.470. The van der Waals surface area contributed by atoms with Crippen LogP contribution < -0.4 is 0 Å². The number of carbonyl (C=O) groups is 4. The van der Waals surface area contributed by atoms with Crippen LogP contribution >= 0.6 is 0 Å². The molecule has 0 bridgehead atoms. The van der Waals surface area contributed by atoms with E-state index in [1.807, 2.05) is 0 Å². The maximum absolute atomic E-state index is 11.0. The van der Waals surface area contributed by atoms with Crippen LogP contribution in [0.25, 0.3) is 0 Å². The van der Waals surface area contributed by atoms with E-state index in [1.54, 1.807) is 0 Å². The smallest absolute Gasteiger partial charge is 0.168 e. The molecular weight excluding hydrogens is 160 g/mol. The van der Waals surface area contributed by atoms with Crippen molar-refractivity contribution < 1.29 is 19.2 Å². The van der Waals surface area contributed by atoms with Crippen molar-refractivity contribution in [1.82, 2.24) is 0 Å². The zero-order valence-corrected chi connectivity index (χ0v) is 6.79. The van der Waals surface area contributed by atoms with Gasteiger partial charge in [-0.3, -0.25) is 19.2 Å². The van der Waals surface area contributed by atoms with Gasteiger partial charge in [0.15, 0.2) is 11.6 Å². The van der Waals surface area contributed by atoms with Crippen molar-refractivity contribution in [2.75, 3.05) is 0 Å². The zero-order valence-electron chi connectivity index (χ0n) is 6.79. The molecule has 0 aromatic heterocycles. The molecule has 4 nitrogen and oxygen atoms in total. The summed E-state index contributed by atoms with van der Waals surface area (Å²) in [6, 6.07) is 0. The highest BCUT2D eigenvalue weighted by molar-refractivity contribution is 6.41. The quantitative estimate of drug-likeness (QED) is 0.523. The standard InChI is InChI=1S/C8H8O4/c1-3(9)5-7(11)6(4(2)10)8(5)12/h5-6H,1-2H3. The van der Waals surface area contributed by atoms with Crippen molar-refractivity contribution in [3.63, 3.8) is 0 Å². The first-order chi connectivity index (χ1) is 5.46. The number of carbonyl (C=O) groups excluding carboxylic acids is 4. The van der Waals surface area contributed by atoms with Crippen LogP contribution in [-0.4, -0.2) is 23.1 Å². The molecule has 0 amide bonds. The van der Waals surface area contributed by atoms with Gasteiger partial charge in [0.05, 0.1) is 0 Å². The molecule has 0 spiro atoms. The van der Waals surface area contributed by atoms with Crippen molar-refractivity contribution in [1.29, 1.82) is 0 Å². The highest BCUT2D eigenvalue weighted by Gasteiger charge is 2.53. The summed E-state index contributed by atoms with van der Waals surface area (Å²) in [5.74, 6) is -4.33. The number of rotatable bonds is 2. The SMILES string of the molecule is CC(=O)C1C(=O)C(C(C)=O)C1=O. The van der Waals surface area contributed by atoms with Gasteiger partial charge in [-0.25, -0.2) is 0 Å². The van der Waals surface area contributed by atoms with E-state index in [-0.39, 0.29) is 0 Å². The van der Waals surface area contributed by atoms with Crippen molar-refractivity contribution in [2.45, 2.75) is 13.8 Å².